The highest BCUT2D eigenvalue weighted by Gasteiger charge is 2.44. The lowest BCUT2D eigenvalue weighted by Gasteiger charge is -2.26. The molecule has 0 atom stereocenters. The highest BCUT2D eigenvalue weighted by molar-refractivity contribution is 6.06. The van der Waals surface area contributed by atoms with Crippen LogP contribution in [0.2, 0.25) is 0 Å². The summed E-state index contributed by atoms with van der Waals surface area (Å²) in [6, 6.07) is 14.9. The number of amides is 1. The van der Waals surface area contributed by atoms with Gasteiger partial charge in [-0.25, -0.2) is 23.5 Å². The van der Waals surface area contributed by atoms with Crippen molar-refractivity contribution in [3.05, 3.63) is 95.3 Å². The monoisotopic (exact) mass is 693 g/mol. The van der Waals surface area contributed by atoms with Crippen LogP contribution in [0.3, 0.4) is 0 Å². The number of esters is 1. The molecule has 1 saturated heterocycles. The van der Waals surface area contributed by atoms with E-state index in [9.17, 15) is 22.8 Å². The molecule has 50 heavy (non-hydrogen) atoms. The van der Waals surface area contributed by atoms with E-state index in [2.05, 4.69) is 30.3 Å². The van der Waals surface area contributed by atoms with Gasteiger partial charge < -0.3 is 25.1 Å². The summed E-state index contributed by atoms with van der Waals surface area (Å²) in [5.74, 6) is -4.40. The fourth-order valence-corrected chi connectivity index (χ4v) is 5.80. The maximum Gasteiger partial charge on any atom is 0.490 e. The lowest BCUT2D eigenvalue weighted by Crippen LogP contribution is -2.34. The van der Waals surface area contributed by atoms with Gasteiger partial charge in [-0.2, -0.15) is 13.2 Å². The Labute approximate surface area is 283 Å². The zero-order valence-corrected chi connectivity index (χ0v) is 27.2. The summed E-state index contributed by atoms with van der Waals surface area (Å²) in [6.07, 6.45) is -1.87. The van der Waals surface area contributed by atoms with Crippen LogP contribution in [0.15, 0.2) is 67.0 Å². The van der Waals surface area contributed by atoms with E-state index in [1.807, 2.05) is 30.3 Å². The van der Waals surface area contributed by atoms with E-state index in [0.717, 1.165) is 75.0 Å². The van der Waals surface area contributed by atoms with Gasteiger partial charge >= 0.3 is 12.1 Å². The molecule has 14 heteroatoms. The number of ether oxygens (including phenoxy) is 2. The van der Waals surface area contributed by atoms with Crippen LogP contribution in [0.4, 0.5) is 27.6 Å². The van der Waals surface area contributed by atoms with Crippen molar-refractivity contribution >= 4 is 28.6 Å². The predicted molar refractivity (Wildman–Crippen MR) is 176 cm³/mol. The van der Waals surface area contributed by atoms with Crippen LogP contribution >= 0.6 is 0 Å². The minimum Gasteiger partial charge on any atom is -0.490 e. The molecule has 1 fully saturated rings. The molecule has 5 aromatic rings. The average Bonchev–Trinajstić information content (AvgIpc) is 3.51. The molecule has 0 radical (unpaired) electrons. The van der Waals surface area contributed by atoms with Gasteiger partial charge in [0.2, 0.25) is 0 Å². The number of carbonyl (C=O) groups is 2. The number of anilines is 1. The van der Waals surface area contributed by atoms with E-state index in [-0.39, 0.29) is 17.4 Å². The first-order valence-corrected chi connectivity index (χ1v) is 15.7. The normalized spacial score (nSPS) is 14.1. The summed E-state index contributed by atoms with van der Waals surface area (Å²) in [6.45, 7) is 5.80. The van der Waals surface area contributed by atoms with Gasteiger partial charge in [-0.15, -0.1) is 0 Å². The minimum atomic E-state index is -5.24. The third kappa shape index (κ3) is 7.30. The van der Waals surface area contributed by atoms with E-state index in [4.69, 9.17) is 4.74 Å². The number of hydrogen-bond acceptors (Lipinski definition) is 7. The second-order valence-corrected chi connectivity index (χ2v) is 12.4. The summed E-state index contributed by atoms with van der Waals surface area (Å²) >= 11 is 0. The molecule has 0 unspecified atom stereocenters. The number of nitrogens with one attached hydrogen (secondary N) is 3. The number of fused-ring (bicyclic) bond motifs is 1. The lowest BCUT2D eigenvalue weighted by molar-refractivity contribution is -0.212. The standard InChI is InChI=1S/C36H32F5N5O4/c1-19-26(31-27-17-30(45-32(27)44-18-43-31)20-4-7-23(8-5-20)49-24-10-12-42-13-11-24)15-22(37)16-29(19)46-33(47)25-9-6-21(14-28(25)38)35(2,3)50-34(48)36(39,40)41/h4-9,14-18,24,42H,10-13H2,1-3H3,(H,46,47)(H,43,44,45). The number of alkyl halides is 3. The Morgan fingerprint density at radius 1 is 0.940 bits per heavy atom. The number of rotatable bonds is 8. The Morgan fingerprint density at radius 3 is 2.34 bits per heavy atom. The Balaban J connectivity index is 1.24. The van der Waals surface area contributed by atoms with Gasteiger partial charge in [0.1, 0.15) is 41.1 Å². The van der Waals surface area contributed by atoms with Crippen molar-refractivity contribution in [2.45, 2.75) is 51.5 Å². The van der Waals surface area contributed by atoms with Crippen LogP contribution in [0.5, 0.6) is 5.75 Å². The van der Waals surface area contributed by atoms with Crippen molar-refractivity contribution < 1.29 is 41.0 Å². The minimum absolute atomic E-state index is 0.0415. The Morgan fingerprint density at radius 2 is 1.66 bits per heavy atom. The summed E-state index contributed by atoms with van der Waals surface area (Å²) in [4.78, 5) is 36.6. The van der Waals surface area contributed by atoms with Crippen molar-refractivity contribution in [1.29, 1.82) is 0 Å². The van der Waals surface area contributed by atoms with Crippen molar-refractivity contribution in [2.75, 3.05) is 18.4 Å². The number of aromatic amines is 1. The first-order chi connectivity index (χ1) is 23.7. The summed E-state index contributed by atoms with van der Waals surface area (Å²) < 4.78 is 79.0. The van der Waals surface area contributed by atoms with Gasteiger partial charge in [0.15, 0.2) is 0 Å². The largest absolute Gasteiger partial charge is 0.490 e. The SMILES string of the molecule is Cc1c(NC(=O)c2ccc(C(C)(C)OC(=O)C(F)(F)F)cc2F)cc(F)cc1-c1ncnc2[nH]c(-c3ccc(OC4CCNCC4)cc3)cc12. The Bertz CT molecular complexity index is 2070. The number of halogens is 5. The number of piperidine rings is 1. The number of hydrogen-bond donors (Lipinski definition) is 3. The van der Waals surface area contributed by atoms with Crippen molar-refractivity contribution in [2.24, 2.45) is 0 Å². The maximum atomic E-state index is 15.1. The molecular weight excluding hydrogens is 661 g/mol. The number of aromatic nitrogens is 3. The summed E-state index contributed by atoms with van der Waals surface area (Å²) in [5, 5.41) is 6.43. The van der Waals surface area contributed by atoms with Crippen molar-refractivity contribution in [3.63, 3.8) is 0 Å². The Kier molecular flexibility index (Phi) is 9.31. The maximum absolute atomic E-state index is 15.1. The van der Waals surface area contributed by atoms with Gasteiger partial charge in [0.05, 0.1) is 11.3 Å². The van der Waals surface area contributed by atoms with E-state index in [1.54, 1.807) is 6.92 Å². The molecule has 0 bridgehead atoms. The van der Waals surface area contributed by atoms with Gasteiger partial charge in [-0.1, -0.05) is 6.07 Å². The molecule has 1 aliphatic heterocycles. The average molecular weight is 694 g/mol. The quantitative estimate of drug-likeness (QED) is 0.113. The van der Waals surface area contributed by atoms with E-state index in [0.29, 0.717) is 27.9 Å². The second kappa shape index (κ2) is 13.5. The smallest absolute Gasteiger partial charge is 0.490 e. The molecule has 6 rings (SSSR count). The summed E-state index contributed by atoms with van der Waals surface area (Å²) in [5.41, 5.74) is 0.882. The molecule has 3 aromatic carbocycles. The number of benzene rings is 3. The van der Waals surface area contributed by atoms with Crippen molar-refractivity contribution in [3.8, 4) is 28.3 Å². The molecule has 0 spiro atoms. The molecule has 260 valence electrons. The molecule has 1 aliphatic rings. The van der Waals surface area contributed by atoms with Crippen LogP contribution in [0.25, 0.3) is 33.5 Å². The van der Waals surface area contributed by atoms with E-state index in [1.165, 1.54) is 18.5 Å². The van der Waals surface area contributed by atoms with Gasteiger partial charge in [0.25, 0.3) is 5.91 Å². The van der Waals surface area contributed by atoms with Gasteiger partial charge in [0, 0.05) is 22.3 Å². The summed E-state index contributed by atoms with van der Waals surface area (Å²) in [7, 11) is 0. The van der Waals surface area contributed by atoms with Gasteiger partial charge in [-0.3, -0.25) is 4.79 Å². The lowest BCUT2D eigenvalue weighted by atomic mass is 9.96. The molecule has 0 aliphatic carbocycles. The third-order valence-electron chi connectivity index (χ3n) is 8.54. The van der Waals surface area contributed by atoms with Crippen LogP contribution in [0, 0.1) is 18.6 Å². The number of nitrogens with zero attached hydrogens (tertiary/aromatic N) is 2. The molecular formula is C36H32F5N5O4. The molecule has 3 heterocycles. The topological polar surface area (TPSA) is 118 Å². The fraction of sp³-hybridized carbons (Fsp3) is 0.278. The van der Waals surface area contributed by atoms with E-state index < -0.39 is 40.9 Å². The molecule has 2 aromatic heterocycles. The molecule has 0 saturated carbocycles. The van der Waals surface area contributed by atoms with Crippen LogP contribution in [0.1, 0.15) is 48.2 Å². The van der Waals surface area contributed by atoms with Crippen LogP contribution in [-0.2, 0) is 15.1 Å². The van der Waals surface area contributed by atoms with Crippen molar-refractivity contribution in [1.82, 2.24) is 20.3 Å². The molecule has 3 N–H and O–H groups in total. The first-order valence-electron chi connectivity index (χ1n) is 15.7. The highest BCUT2D eigenvalue weighted by Crippen LogP contribution is 2.36. The fourth-order valence-electron chi connectivity index (χ4n) is 5.80. The van der Waals surface area contributed by atoms with Crippen LogP contribution < -0.4 is 15.4 Å². The zero-order chi connectivity index (χ0) is 35.8. The predicted octanol–water partition coefficient (Wildman–Crippen LogP) is 7.60. The number of H-pyrrole nitrogens is 1. The first kappa shape index (κ1) is 34.5. The third-order valence-corrected chi connectivity index (χ3v) is 8.54. The highest BCUT2D eigenvalue weighted by atomic mass is 19.4. The van der Waals surface area contributed by atoms with Gasteiger partial charge in [-0.05, 0) is 118 Å². The van der Waals surface area contributed by atoms with E-state index >= 15 is 8.78 Å². The van der Waals surface area contributed by atoms with Crippen LogP contribution in [-0.4, -0.2) is 52.2 Å². The zero-order valence-electron chi connectivity index (χ0n) is 27.2. The molecule has 9 nitrogen and oxygen atoms in total. The number of carbonyl (C=O) groups excluding carboxylic acids is 2. The Hall–Kier alpha value is -5.37. The molecule has 1 amide bonds. The second-order valence-electron chi connectivity index (χ2n) is 12.4.